The summed E-state index contributed by atoms with van der Waals surface area (Å²) in [5.74, 6) is -0.667. The fourth-order valence-corrected chi connectivity index (χ4v) is 5.52. The van der Waals surface area contributed by atoms with Crippen molar-refractivity contribution in [2.75, 3.05) is 13.1 Å². The molecule has 3 heterocycles. The second kappa shape index (κ2) is 10.4. The van der Waals surface area contributed by atoms with Gasteiger partial charge in [0.15, 0.2) is 0 Å². The molecule has 3 aromatic rings. The number of amides is 2. The Morgan fingerprint density at radius 3 is 2.71 bits per heavy atom. The van der Waals surface area contributed by atoms with Crippen molar-refractivity contribution in [3.05, 3.63) is 83.2 Å². The lowest BCUT2D eigenvalue weighted by Crippen LogP contribution is -2.55. The van der Waals surface area contributed by atoms with Gasteiger partial charge in [-0.05, 0) is 44.4 Å². The molecule has 0 radical (unpaired) electrons. The van der Waals surface area contributed by atoms with E-state index < -0.39 is 24.3 Å². The molecule has 3 atom stereocenters. The smallest absolute Gasteiger partial charge is 0.269 e. The minimum Gasteiger partial charge on any atom is -0.347 e. The van der Waals surface area contributed by atoms with Gasteiger partial charge >= 0.3 is 0 Å². The van der Waals surface area contributed by atoms with E-state index in [0.29, 0.717) is 43.0 Å². The number of carbonyl (C=O) groups excluding carboxylic acids is 2. The molecule has 38 heavy (non-hydrogen) atoms. The average molecular weight is 521 g/mol. The number of fused-ring (bicyclic) bond motifs is 1. The number of likely N-dealkylation sites (tertiary alicyclic amines) is 1. The van der Waals surface area contributed by atoms with Gasteiger partial charge in [0.2, 0.25) is 5.91 Å². The minimum atomic E-state index is -2.63. The molecule has 0 bridgehead atoms. The number of nitrogens with zero attached hydrogens (tertiary/aromatic N) is 5. The van der Waals surface area contributed by atoms with E-state index in [9.17, 15) is 18.4 Å². The molecular formula is C28H30F2N6O2. The molecule has 0 saturated carbocycles. The fourth-order valence-electron chi connectivity index (χ4n) is 5.52. The van der Waals surface area contributed by atoms with Gasteiger partial charge in [0.1, 0.15) is 12.2 Å². The summed E-state index contributed by atoms with van der Waals surface area (Å²) >= 11 is 0. The van der Waals surface area contributed by atoms with Crippen LogP contribution in [0.4, 0.5) is 8.78 Å². The molecule has 1 aromatic carbocycles. The van der Waals surface area contributed by atoms with Gasteiger partial charge in [0.25, 0.3) is 12.3 Å². The van der Waals surface area contributed by atoms with Crippen LogP contribution in [0.25, 0.3) is 6.08 Å². The normalized spacial score (nSPS) is 22.8. The number of hydrogen-bond donors (Lipinski definition) is 1. The van der Waals surface area contributed by atoms with E-state index in [2.05, 4.69) is 20.4 Å². The molecule has 1 fully saturated rings. The van der Waals surface area contributed by atoms with Crippen molar-refractivity contribution in [2.24, 2.45) is 0 Å². The molecule has 2 aliphatic rings. The topological polar surface area (TPSA) is 93.0 Å². The van der Waals surface area contributed by atoms with Crippen LogP contribution >= 0.6 is 0 Å². The van der Waals surface area contributed by atoms with Crippen molar-refractivity contribution < 1.29 is 18.4 Å². The Hall–Kier alpha value is -3.95. The standard InChI is InChI=1S/C28H30F2N6O2/c1-18-15-23(36(34-18)17-24(29)30)26(37)33-21-10-14-35(16-20(21)19-7-4-3-5-8-19)27(38)28(2)11-6-9-22-25(28)32-13-12-31-22/h3-9,12-13,15,20-21,24H,10-11,14,16-17H2,1-2H3,(H,33,37)/t20-,21-,28?/m1/s1. The Morgan fingerprint density at radius 2 is 1.95 bits per heavy atom. The van der Waals surface area contributed by atoms with Crippen LogP contribution in [0, 0.1) is 6.92 Å². The van der Waals surface area contributed by atoms with Gasteiger partial charge in [-0.3, -0.25) is 24.2 Å². The summed E-state index contributed by atoms with van der Waals surface area (Å²) < 4.78 is 27.2. The summed E-state index contributed by atoms with van der Waals surface area (Å²) in [4.78, 5) is 37.9. The summed E-state index contributed by atoms with van der Waals surface area (Å²) in [5.41, 5.74) is 2.11. The predicted octanol–water partition coefficient (Wildman–Crippen LogP) is 3.74. The number of alkyl halides is 2. The zero-order valence-corrected chi connectivity index (χ0v) is 21.3. The van der Waals surface area contributed by atoms with Crippen LogP contribution in [0.15, 0.2) is 54.9 Å². The van der Waals surface area contributed by atoms with Crippen molar-refractivity contribution in [2.45, 2.75) is 57.0 Å². The van der Waals surface area contributed by atoms with Crippen LogP contribution < -0.4 is 5.32 Å². The van der Waals surface area contributed by atoms with Crippen LogP contribution in [0.5, 0.6) is 0 Å². The third kappa shape index (κ3) is 4.94. The highest BCUT2D eigenvalue weighted by Gasteiger charge is 2.44. The first-order chi connectivity index (χ1) is 18.3. The quantitative estimate of drug-likeness (QED) is 0.535. The van der Waals surface area contributed by atoms with Gasteiger partial charge in [-0.15, -0.1) is 0 Å². The predicted molar refractivity (Wildman–Crippen MR) is 138 cm³/mol. The van der Waals surface area contributed by atoms with Gasteiger partial charge in [0, 0.05) is 37.4 Å². The average Bonchev–Trinajstić information content (AvgIpc) is 3.28. The number of aromatic nitrogens is 4. The lowest BCUT2D eigenvalue weighted by molar-refractivity contribution is -0.138. The summed E-state index contributed by atoms with van der Waals surface area (Å²) in [6, 6.07) is 11.0. The van der Waals surface area contributed by atoms with Crippen LogP contribution in [0.3, 0.4) is 0 Å². The highest BCUT2D eigenvalue weighted by Crippen LogP contribution is 2.37. The number of nitrogens with one attached hydrogen (secondary N) is 1. The van der Waals surface area contributed by atoms with E-state index in [1.54, 1.807) is 19.3 Å². The van der Waals surface area contributed by atoms with Crippen LogP contribution in [0.2, 0.25) is 0 Å². The van der Waals surface area contributed by atoms with E-state index in [1.807, 2.05) is 54.3 Å². The molecule has 1 unspecified atom stereocenters. The molecule has 2 aromatic heterocycles. The molecule has 198 valence electrons. The number of halogens is 2. The molecule has 0 spiro atoms. The SMILES string of the molecule is Cc1cc(C(=O)N[C@@H]2CCN(C(=O)C3(C)CC=Cc4nccnc43)C[C@@H]2c2ccccc2)n(CC(F)F)n1. The molecule has 2 amide bonds. The van der Waals surface area contributed by atoms with E-state index >= 15 is 0 Å². The van der Waals surface area contributed by atoms with Crippen LogP contribution in [-0.2, 0) is 16.8 Å². The largest absolute Gasteiger partial charge is 0.347 e. The molecule has 8 nitrogen and oxygen atoms in total. The van der Waals surface area contributed by atoms with Gasteiger partial charge < -0.3 is 10.2 Å². The molecule has 1 aliphatic carbocycles. The van der Waals surface area contributed by atoms with Crippen LogP contribution in [-0.4, -0.2) is 62.0 Å². The van der Waals surface area contributed by atoms with Gasteiger partial charge in [-0.1, -0.05) is 36.4 Å². The second-order valence-corrected chi connectivity index (χ2v) is 10.1. The Kier molecular flexibility index (Phi) is 7.05. The van der Waals surface area contributed by atoms with E-state index in [1.165, 1.54) is 6.07 Å². The number of aryl methyl sites for hydroxylation is 1. The molecule has 1 aliphatic heterocycles. The third-order valence-electron chi connectivity index (χ3n) is 7.41. The Bertz CT molecular complexity index is 1360. The zero-order valence-electron chi connectivity index (χ0n) is 21.3. The highest BCUT2D eigenvalue weighted by molar-refractivity contribution is 5.93. The lowest BCUT2D eigenvalue weighted by Gasteiger charge is -2.43. The maximum Gasteiger partial charge on any atom is 0.269 e. The second-order valence-electron chi connectivity index (χ2n) is 10.1. The van der Waals surface area contributed by atoms with Crippen LogP contribution in [0.1, 0.15) is 58.8 Å². The lowest BCUT2D eigenvalue weighted by atomic mass is 9.76. The minimum absolute atomic E-state index is 0.0278. The van der Waals surface area contributed by atoms with Gasteiger partial charge in [-0.25, -0.2) is 8.78 Å². The molecule has 5 rings (SSSR count). The molecule has 1 N–H and O–H groups in total. The number of allylic oxidation sites excluding steroid dienone is 1. The first-order valence-electron chi connectivity index (χ1n) is 12.7. The summed E-state index contributed by atoms with van der Waals surface area (Å²) in [6.07, 6.45) is 5.49. The van der Waals surface area contributed by atoms with E-state index in [4.69, 9.17) is 0 Å². The Morgan fingerprint density at radius 1 is 1.18 bits per heavy atom. The highest BCUT2D eigenvalue weighted by atomic mass is 19.3. The fraction of sp³-hybridized carbons (Fsp3) is 0.393. The summed E-state index contributed by atoms with van der Waals surface area (Å²) in [6.45, 7) is 3.77. The molecule has 10 heteroatoms. The van der Waals surface area contributed by atoms with Gasteiger partial charge in [0.05, 0.1) is 22.5 Å². The maximum absolute atomic E-state index is 14.0. The van der Waals surface area contributed by atoms with E-state index in [0.717, 1.165) is 10.2 Å². The number of rotatable bonds is 6. The van der Waals surface area contributed by atoms with Crippen molar-refractivity contribution in [1.29, 1.82) is 0 Å². The third-order valence-corrected chi connectivity index (χ3v) is 7.41. The van der Waals surface area contributed by atoms with Crippen molar-refractivity contribution >= 4 is 17.9 Å². The first-order valence-corrected chi connectivity index (χ1v) is 12.7. The zero-order chi connectivity index (χ0) is 26.9. The molecule has 1 saturated heterocycles. The number of hydrogen-bond acceptors (Lipinski definition) is 5. The van der Waals surface area contributed by atoms with Crippen molar-refractivity contribution in [3.8, 4) is 0 Å². The van der Waals surface area contributed by atoms with Gasteiger partial charge in [-0.2, -0.15) is 5.10 Å². The molecular weight excluding hydrogens is 490 g/mol. The number of piperidine rings is 1. The maximum atomic E-state index is 14.0. The van der Waals surface area contributed by atoms with E-state index in [-0.39, 0.29) is 23.6 Å². The van der Waals surface area contributed by atoms with Crippen molar-refractivity contribution in [1.82, 2.24) is 30.0 Å². The first kappa shape index (κ1) is 25.7. The number of carbonyl (C=O) groups is 2. The monoisotopic (exact) mass is 520 g/mol. The summed E-state index contributed by atoms with van der Waals surface area (Å²) in [7, 11) is 0. The van der Waals surface area contributed by atoms with Crippen molar-refractivity contribution in [3.63, 3.8) is 0 Å². The number of benzene rings is 1. The Balaban J connectivity index is 1.39. The Labute approximate surface area is 219 Å². The summed E-state index contributed by atoms with van der Waals surface area (Å²) in [5, 5.41) is 7.12.